The van der Waals surface area contributed by atoms with Crippen LogP contribution in [0.15, 0.2) is 24.5 Å². The van der Waals surface area contributed by atoms with Crippen LogP contribution in [0.4, 0.5) is 5.82 Å². The van der Waals surface area contributed by atoms with Crippen molar-refractivity contribution in [1.82, 2.24) is 9.97 Å². The van der Waals surface area contributed by atoms with Crippen LogP contribution in [0.3, 0.4) is 0 Å². The molecule has 1 aromatic carbocycles. The first-order chi connectivity index (χ1) is 8.08. The fourth-order valence-corrected chi connectivity index (χ4v) is 1.58. The fraction of sp³-hybridized carbons (Fsp3) is 0.182. The summed E-state index contributed by atoms with van der Waals surface area (Å²) >= 11 is 5.85. The average Bonchev–Trinajstić information content (AvgIpc) is 2.28. The number of aliphatic carboxylic acids is 1. The molecule has 0 radical (unpaired) electrons. The van der Waals surface area contributed by atoms with E-state index in [2.05, 4.69) is 15.3 Å². The third kappa shape index (κ3) is 2.45. The van der Waals surface area contributed by atoms with Crippen molar-refractivity contribution in [1.29, 1.82) is 0 Å². The Bertz CT molecular complexity index is 574. The van der Waals surface area contributed by atoms with Gasteiger partial charge in [0, 0.05) is 10.4 Å². The number of benzene rings is 1. The van der Waals surface area contributed by atoms with E-state index in [1.165, 1.54) is 6.33 Å². The lowest BCUT2D eigenvalue weighted by Crippen LogP contribution is -2.26. The van der Waals surface area contributed by atoms with Gasteiger partial charge in [0.15, 0.2) is 0 Å². The number of anilines is 1. The van der Waals surface area contributed by atoms with Crippen LogP contribution in [0.1, 0.15) is 6.92 Å². The zero-order chi connectivity index (χ0) is 12.4. The summed E-state index contributed by atoms with van der Waals surface area (Å²) in [6, 6.07) is 4.46. The molecule has 0 spiro atoms. The minimum Gasteiger partial charge on any atom is -0.480 e. The van der Waals surface area contributed by atoms with Crippen LogP contribution in [0, 0.1) is 0 Å². The molecule has 5 nitrogen and oxygen atoms in total. The van der Waals surface area contributed by atoms with E-state index in [9.17, 15) is 4.79 Å². The fourth-order valence-electron chi connectivity index (χ4n) is 1.41. The molecule has 0 unspecified atom stereocenters. The summed E-state index contributed by atoms with van der Waals surface area (Å²) in [6.45, 7) is 1.55. The molecule has 0 bridgehead atoms. The second-order valence-electron chi connectivity index (χ2n) is 3.59. The van der Waals surface area contributed by atoms with Crippen LogP contribution in [-0.4, -0.2) is 27.1 Å². The molecule has 0 saturated heterocycles. The summed E-state index contributed by atoms with van der Waals surface area (Å²) in [5.41, 5.74) is 0.674. The molecule has 88 valence electrons. The smallest absolute Gasteiger partial charge is 0.325 e. The van der Waals surface area contributed by atoms with Gasteiger partial charge in [0.05, 0.1) is 5.52 Å². The molecule has 0 fully saturated rings. The maximum absolute atomic E-state index is 10.8. The molecule has 1 heterocycles. The molecular formula is C11H10ClN3O2. The van der Waals surface area contributed by atoms with Crippen molar-refractivity contribution in [2.24, 2.45) is 0 Å². The predicted octanol–water partition coefficient (Wildman–Crippen LogP) is 2.17. The molecule has 0 aliphatic carbocycles. The molecule has 0 aliphatic rings. The molecule has 2 aromatic rings. The van der Waals surface area contributed by atoms with Crippen molar-refractivity contribution in [3.05, 3.63) is 29.5 Å². The van der Waals surface area contributed by atoms with Gasteiger partial charge < -0.3 is 10.4 Å². The number of halogens is 1. The van der Waals surface area contributed by atoms with Crippen LogP contribution in [-0.2, 0) is 4.79 Å². The molecule has 6 heteroatoms. The van der Waals surface area contributed by atoms with Crippen molar-refractivity contribution in [3.8, 4) is 0 Å². The van der Waals surface area contributed by atoms with Crippen molar-refractivity contribution in [2.75, 3.05) is 5.32 Å². The van der Waals surface area contributed by atoms with Gasteiger partial charge in [-0.2, -0.15) is 0 Å². The van der Waals surface area contributed by atoms with E-state index in [-0.39, 0.29) is 0 Å². The third-order valence-electron chi connectivity index (χ3n) is 2.32. The molecular weight excluding hydrogens is 242 g/mol. The van der Waals surface area contributed by atoms with Gasteiger partial charge >= 0.3 is 5.97 Å². The number of rotatable bonds is 3. The quantitative estimate of drug-likeness (QED) is 0.874. The van der Waals surface area contributed by atoms with E-state index >= 15 is 0 Å². The number of carbonyl (C=O) groups is 1. The highest BCUT2D eigenvalue weighted by molar-refractivity contribution is 6.31. The molecule has 2 N–H and O–H groups in total. The van der Waals surface area contributed by atoms with Gasteiger partial charge in [0.25, 0.3) is 0 Å². The van der Waals surface area contributed by atoms with Gasteiger partial charge in [-0.15, -0.1) is 0 Å². The van der Waals surface area contributed by atoms with Gasteiger partial charge in [-0.3, -0.25) is 4.79 Å². The second-order valence-corrected chi connectivity index (χ2v) is 4.02. The van der Waals surface area contributed by atoms with Gasteiger partial charge in [0.1, 0.15) is 18.2 Å². The number of nitrogens with zero attached hydrogens (tertiary/aromatic N) is 2. The molecule has 1 atom stereocenters. The minimum atomic E-state index is -0.939. The Kier molecular flexibility index (Phi) is 3.10. The second kappa shape index (κ2) is 4.55. The highest BCUT2D eigenvalue weighted by Gasteiger charge is 2.12. The van der Waals surface area contributed by atoms with E-state index < -0.39 is 12.0 Å². The summed E-state index contributed by atoms with van der Waals surface area (Å²) in [4.78, 5) is 18.9. The first-order valence-corrected chi connectivity index (χ1v) is 5.35. The number of aromatic nitrogens is 2. The summed E-state index contributed by atoms with van der Waals surface area (Å²) in [7, 11) is 0. The summed E-state index contributed by atoms with van der Waals surface area (Å²) in [5, 5.41) is 13.0. The zero-order valence-corrected chi connectivity index (χ0v) is 9.77. The molecule has 0 amide bonds. The predicted molar refractivity (Wildman–Crippen MR) is 65.3 cm³/mol. The molecule has 0 saturated carbocycles. The molecule has 0 aliphatic heterocycles. The van der Waals surface area contributed by atoms with E-state index in [0.29, 0.717) is 16.4 Å². The number of hydrogen-bond acceptors (Lipinski definition) is 4. The number of carboxylic acid groups (broad SMARTS) is 1. The lowest BCUT2D eigenvalue weighted by Gasteiger charge is -2.11. The Morgan fingerprint density at radius 2 is 2.24 bits per heavy atom. The largest absolute Gasteiger partial charge is 0.480 e. The number of carboxylic acids is 1. The van der Waals surface area contributed by atoms with Crippen LogP contribution in [0.2, 0.25) is 5.02 Å². The van der Waals surface area contributed by atoms with Crippen molar-refractivity contribution in [3.63, 3.8) is 0 Å². The van der Waals surface area contributed by atoms with Crippen LogP contribution < -0.4 is 5.32 Å². The van der Waals surface area contributed by atoms with Crippen molar-refractivity contribution >= 4 is 34.3 Å². The first-order valence-electron chi connectivity index (χ1n) is 4.97. The standard InChI is InChI=1S/C11H10ClN3O2/c1-6(11(16)17)15-10-8-3-2-7(12)4-9(8)13-5-14-10/h2-6H,1H3,(H,16,17)(H,13,14,15)/t6-/m0/s1. The lowest BCUT2D eigenvalue weighted by molar-refractivity contribution is -0.137. The summed E-state index contributed by atoms with van der Waals surface area (Å²) in [6.07, 6.45) is 1.37. The first kappa shape index (κ1) is 11.6. The number of hydrogen-bond donors (Lipinski definition) is 2. The van der Waals surface area contributed by atoms with Gasteiger partial charge in [-0.05, 0) is 25.1 Å². The van der Waals surface area contributed by atoms with Gasteiger partial charge in [-0.25, -0.2) is 9.97 Å². The Labute approximate surface area is 102 Å². The Balaban J connectivity index is 2.44. The SMILES string of the molecule is C[C@H](Nc1ncnc2cc(Cl)ccc12)C(=O)O. The molecule has 2 rings (SSSR count). The lowest BCUT2D eigenvalue weighted by atomic mass is 10.2. The van der Waals surface area contributed by atoms with E-state index in [0.717, 1.165) is 5.39 Å². The Morgan fingerprint density at radius 3 is 2.94 bits per heavy atom. The topological polar surface area (TPSA) is 75.1 Å². The summed E-state index contributed by atoms with van der Waals surface area (Å²) < 4.78 is 0. The van der Waals surface area contributed by atoms with Crippen LogP contribution in [0.25, 0.3) is 10.9 Å². The zero-order valence-electron chi connectivity index (χ0n) is 9.01. The van der Waals surface area contributed by atoms with Crippen molar-refractivity contribution < 1.29 is 9.90 Å². The minimum absolute atomic E-state index is 0.488. The van der Waals surface area contributed by atoms with Crippen molar-refractivity contribution in [2.45, 2.75) is 13.0 Å². The highest BCUT2D eigenvalue weighted by Crippen LogP contribution is 2.22. The Morgan fingerprint density at radius 1 is 1.47 bits per heavy atom. The van der Waals surface area contributed by atoms with E-state index in [1.807, 2.05) is 0 Å². The van der Waals surface area contributed by atoms with Crippen LogP contribution >= 0.6 is 11.6 Å². The van der Waals surface area contributed by atoms with Gasteiger partial charge in [-0.1, -0.05) is 11.6 Å². The Hall–Kier alpha value is -1.88. The average molecular weight is 252 g/mol. The van der Waals surface area contributed by atoms with E-state index in [4.69, 9.17) is 16.7 Å². The molecule has 1 aromatic heterocycles. The number of fused-ring (bicyclic) bond motifs is 1. The van der Waals surface area contributed by atoms with Crippen LogP contribution in [0.5, 0.6) is 0 Å². The summed E-state index contributed by atoms with van der Waals surface area (Å²) in [5.74, 6) is -0.452. The molecule has 17 heavy (non-hydrogen) atoms. The van der Waals surface area contributed by atoms with Gasteiger partial charge in [0.2, 0.25) is 0 Å². The third-order valence-corrected chi connectivity index (χ3v) is 2.56. The normalized spacial score (nSPS) is 12.4. The highest BCUT2D eigenvalue weighted by atomic mass is 35.5. The maximum Gasteiger partial charge on any atom is 0.325 e. The maximum atomic E-state index is 10.8. The monoisotopic (exact) mass is 251 g/mol. The number of nitrogens with one attached hydrogen (secondary N) is 1. The van der Waals surface area contributed by atoms with E-state index in [1.54, 1.807) is 25.1 Å².